The summed E-state index contributed by atoms with van der Waals surface area (Å²) in [6.45, 7) is 4.91. The zero-order valence-electron chi connectivity index (χ0n) is 33.6. The van der Waals surface area contributed by atoms with Crippen LogP contribution in [0.1, 0.15) is 110 Å². The highest BCUT2D eigenvalue weighted by atomic mass is 32.1. The first-order valence-electron chi connectivity index (χ1n) is 19.9. The average molecular weight is 839 g/mol. The zero-order chi connectivity index (χ0) is 42.6. The Balaban J connectivity index is 0.000000181. The number of halogens is 4. The quantitative estimate of drug-likeness (QED) is 0.120. The predicted octanol–water partition coefficient (Wildman–Crippen LogP) is 8.21. The fraction of sp³-hybridized carbons (Fsp3) is 0.465. The first kappa shape index (κ1) is 43.6. The van der Waals surface area contributed by atoms with Gasteiger partial charge in [0.1, 0.15) is 12.2 Å². The van der Waals surface area contributed by atoms with Gasteiger partial charge in [0.25, 0.3) is 5.91 Å². The normalized spacial score (nSPS) is 19.4. The number of thiazole rings is 1. The number of imidazole rings is 1. The van der Waals surface area contributed by atoms with E-state index in [-0.39, 0.29) is 23.6 Å². The van der Waals surface area contributed by atoms with Crippen LogP contribution in [0.5, 0.6) is 0 Å². The van der Waals surface area contributed by atoms with E-state index in [0.717, 1.165) is 65.1 Å². The summed E-state index contributed by atoms with van der Waals surface area (Å²) in [5.41, 5.74) is 0.565. The van der Waals surface area contributed by atoms with Gasteiger partial charge in [0.05, 0.1) is 37.4 Å². The minimum atomic E-state index is -4.54. The Morgan fingerprint density at radius 2 is 1.63 bits per heavy atom. The second kappa shape index (κ2) is 18.1. The number of piperidine rings is 2. The first-order chi connectivity index (χ1) is 27.9. The minimum absolute atomic E-state index is 0.103. The number of aryl methyl sites for hydroxylation is 1. The molecule has 3 aromatic carbocycles. The molecule has 4 heterocycles. The van der Waals surface area contributed by atoms with Gasteiger partial charge in [-0.3, -0.25) is 28.8 Å². The van der Waals surface area contributed by atoms with Gasteiger partial charge in [0, 0.05) is 42.7 Å². The lowest BCUT2D eigenvalue weighted by Crippen LogP contribution is -2.44. The Hall–Kier alpha value is -4.93. The number of hydrogen-bond acceptors (Lipinski definition) is 8. The Bertz CT molecular complexity index is 2370. The molecule has 16 heteroatoms. The van der Waals surface area contributed by atoms with Crippen molar-refractivity contribution in [1.82, 2.24) is 24.3 Å². The fourth-order valence-corrected chi connectivity index (χ4v) is 8.97. The maximum Gasteiger partial charge on any atom is 0.416 e. The highest BCUT2D eigenvalue weighted by Crippen LogP contribution is 2.40. The fourth-order valence-electron chi connectivity index (χ4n) is 7.81. The lowest BCUT2D eigenvalue weighted by Gasteiger charge is -2.24. The number of benzene rings is 3. The third-order valence-corrected chi connectivity index (χ3v) is 12.1. The van der Waals surface area contributed by atoms with Gasteiger partial charge < -0.3 is 15.3 Å². The maximum absolute atomic E-state index is 13.0. The van der Waals surface area contributed by atoms with Crippen molar-refractivity contribution in [2.24, 2.45) is 7.05 Å². The standard InChI is InChI=1S/C24H25F3N2O2S.C13H13N3O3.C6H12FN/c1-23(2,31)17-12-19-20(32-22(29-19)14-7-4-3-5-8-14)13-18(17)28-21(30)15-9-6-10-16(11-15)24(25,26)27;1-15-8-4-2-3-5-9(8)16(13(15)19)10-6-7-11(17)14-12(10)18;1-8-4-2-3-6(7)5-8/h6,9-14,31H,3-5,7-8H2,1-2H3,(H,28,30);2-5,10H,6-7H2,1H3,(H,14,17,18);6H,2-5H2,1H3. The van der Waals surface area contributed by atoms with Crippen molar-refractivity contribution in [2.75, 3.05) is 25.5 Å². The van der Waals surface area contributed by atoms with E-state index in [4.69, 9.17) is 4.98 Å². The number of nitrogens with zero attached hydrogens (tertiary/aromatic N) is 4. The molecule has 8 rings (SSSR count). The number of aromatic nitrogens is 3. The molecule has 11 nitrogen and oxygen atoms in total. The molecule has 5 aromatic rings. The van der Waals surface area contributed by atoms with Gasteiger partial charge in [-0.25, -0.2) is 14.2 Å². The number of nitrogens with one attached hydrogen (secondary N) is 2. The average Bonchev–Trinajstić information content (AvgIpc) is 3.72. The van der Waals surface area contributed by atoms with E-state index < -0.39 is 41.4 Å². The van der Waals surface area contributed by atoms with Crippen molar-refractivity contribution in [2.45, 2.75) is 102 Å². The van der Waals surface area contributed by atoms with Gasteiger partial charge >= 0.3 is 11.9 Å². The van der Waals surface area contributed by atoms with Crippen molar-refractivity contribution in [3.8, 4) is 0 Å². The van der Waals surface area contributed by atoms with Gasteiger partial charge in [0.15, 0.2) is 0 Å². The molecule has 3 N–H and O–H groups in total. The first-order valence-corrected chi connectivity index (χ1v) is 20.7. The van der Waals surface area contributed by atoms with Crippen LogP contribution in [0.4, 0.5) is 23.2 Å². The number of rotatable bonds is 5. The van der Waals surface area contributed by atoms with Gasteiger partial charge in [0.2, 0.25) is 11.8 Å². The number of imide groups is 1. The Morgan fingerprint density at radius 1 is 0.915 bits per heavy atom. The number of carbonyl (C=O) groups excluding carboxylic acids is 3. The summed E-state index contributed by atoms with van der Waals surface area (Å²) in [5.74, 6) is -0.933. The van der Waals surface area contributed by atoms with Gasteiger partial charge in [-0.2, -0.15) is 13.2 Å². The summed E-state index contributed by atoms with van der Waals surface area (Å²) in [4.78, 5) is 55.0. The van der Waals surface area contributed by atoms with Crippen LogP contribution in [0, 0.1) is 0 Å². The minimum Gasteiger partial charge on any atom is -0.386 e. The number of anilines is 1. The van der Waals surface area contributed by atoms with E-state index in [0.29, 0.717) is 35.7 Å². The van der Waals surface area contributed by atoms with E-state index in [9.17, 15) is 41.8 Å². The topological polar surface area (TPSA) is 139 Å². The van der Waals surface area contributed by atoms with Gasteiger partial charge in [-0.05, 0) is 102 Å². The number of aliphatic hydroxyl groups is 1. The number of alkyl halides is 4. The summed E-state index contributed by atoms with van der Waals surface area (Å²) in [6.07, 6.45) is 3.15. The molecule has 59 heavy (non-hydrogen) atoms. The highest BCUT2D eigenvalue weighted by Gasteiger charge is 2.32. The molecule has 1 aliphatic carbocycles. The summed E-state index contributed by atoms with van der Waals surface area (Å²) in [6, 6.07) is 14.5. The number of hydrogen-bond donors (Lipinski definition) is 3. The van der Waals surface area contributed by atoms with Crippen molar-refractivity contribution in [1.29, 1.82) is 0 Å². The van der Waals surface area contributed by atoms with E-state index in [1.54, 1.807) is 50.4 Å². The van der Waals surface area contributed by atoms with E-state index in [2.05, 4.69) is 10.6 Å². The molecule has 2 saturated heterocycles. The van der Waals surface area contributed by atoms with Crippen molar-refractivity contribution in [3.63, 3.8) is 0 Å². The van der Waals surface area contributed by atoms with Crippen molar-refractivity contribution in [3.05, 3.63) is 92.8 Å². The highest BCUT2D eigenvalue weighted by molar-refractivity contribution is 7.18. The van der Waals surface area contributed by atoms with Crippen LogP contribution >= 0.6 is 11.3 Å². The molecule has 0 bridgehead atoms. The number of fused-ring (bicyclic) bond motifs is 2. The van der Waals surface area contributed by atoms with E-state index >= 15 is 0 Å². The Kier molecular flexibility index (Phi) is 13.4. The molecule has 3 fully saturated rings. The number of likely N-dealkylation sites (tertiary alicyclic amines) is 1. The Labute approximate surface area is 343 Å². The molecule has 3 amide bonds. The zero-order valence-corrected chi connectivity index (χ0v) is 34.4. The summed E-state index contributed by atoms with van der Waals surface area (Å²) in [5, 5.41) is 16.7. The SMILES string of the molecule is CC(C)(O)c1cc2nc(C3CCCCC3)sc2cc1NC(=O)c1cccc(C(F)(F)F)c1.CN1CCCC(F)C1.Cn1c(=O)n(C2CCC(=O)NC2=O)c2ccccc21. The molecule has 316 valence electrons. The summed E-state index contributed by atoms with van der Waals surface area (Å²) >= 11 is 1.57. The number of amides is 3. The van der Waals surface area contributed by atoms with Crippen LogP contribution < -0.4 is 16.3 Å². The predicted molar refractivity (Wildman–Crippen MR) is 220 cm³/mol. The van der Waals surface area contributed by atoms with Crippen LogP contribution in [0.15, 0.2) is 65.5 Å². The van der Waals surface area contributed by atoms with Crippen LogP contribution in [-0.2, 0) is 28.4 Å². The second-order valence-electron chi connectivity index (χ2n) is 16.0. The van der Waals surface area contributed by atoms with Gasteiger partial charge in [-0.1, -0.05) is 37.5 Å². The monoisotopic (exact) mass is 838 g/mol. The molecular weight excluding hydrogens is 789 g/mol. The summed E-state index contributed by atoms with van der Waals surface area (Å²) in [7, 11) is 3.64. The molecule has 2 atom stereocenters. The molecule has 0 radical (unpaired) electrons. The molecule has 2 aromatic heterocycles. The van der Waals surface area contributed by atoms with Crippen LogP contribution in [0.2, 0.25) is 0 Å². The third kappa shape index (κ3) is 10.5. The number of carbonyl (C=O) groups is 3. The second-order valence-corrected chi connectivity index (χ2v) is 17.1. The maximum atomic E-state index is 13.0. The molecule has 1 saturated carbocycles. The Morgan fingerprint density at radius 3 is 2.25 bits per heavy atom. The van der Waals surface area contributed by atoms with Crippen molar-refractivity contribution < 1.29 is 37.1 Å². The molecule has 0 spiro atoms. The molecular formula is C43H50F4N6O5S. The molecule has 3 aliphatic rings. The third-order valence-electron chi connectivity index (χ3n) is 10.9. The van der Waals surface area contributed by atoms with Crippen LogP contribution in [0.3, 0.4) is 0 Å². The van der Waals surface area contributed by atoms with Crippen LogP contribution in [-0.4, -0.2) is 68.2 Å². The van der Waals surface area contributed by atoms with Crippen LogP contribution in [0.25, 0.3) is 21.3 Å². The smallest absolute Gasteiger partial charge is 0.386 e. The van der Waals surface area contributed by atoms with Gasteiger partial charge in [-0.15, -0.1) is 11.3 Å². The largest absolute Gasteiger partial charge is 0.416 e. The van der Waals surface area contributed by atoms with E-state index in [1.807, 2.05) is 30.1 Å². The van der Waals surface area contributed by atoms with E-state index in [1.165, 1.54) is 40.5 Å². The lowest BCUT2D eigenvalue weighted by molar-refractivity contribution is -0.138. The summed E-state index contributed by atoms with van der Waals surface area (Å²) < 4.78 is 55.4. The lowest BCUT2D eigenvalue weighted by atomic mass is 9.90. The molecule has 2 unspecified atom stereocenters. The van der Waals surface area contributed by atoms with Crippen molar-refractivity contribution >= 4 is 56.0 Å². The molecule has 2 aliphatic heterocycles. The number of para-hydroxylation sites is 2.